The smallest absolute Gasteiger partial charge is 0.407 e. The summed E-state index contributed by atoms with van der Waals surface area (Å²) in [6.45, 7) is 5.52. The van der Waals surface area contributed by atoms with Crippen LogP contribution in [0.4, 0.5) is 4.79 Å². The van der Waals surface area contributed by atoms with Gasteiger partial charge in [-0.15, -0.1) is 0 Å². The second kappa shape index (κ2) is 9.42. The SMILES string of the molecule is CN(CC(=O)O)C(=O)CC(NC(=O)OCC1c2ccccc2-c2ccccc21)C(C)(C)C. The molecule has 1 aliphatic rings. The maximum atomic E-state index is 12.7. The minimum absolute atomic E-state index is 0.0164. The first-order valence-electron chi connectivity index (χ1n) is 10.6. The van der Waals surface area contributed by atoms with Crippen molar-refractivity contribution in [2.75, 3.05) is 20.2 Å². The molecule has 0 saturated carbocycles. The molecule has 0 heterocycles. The molecule has 0 fully saturated rings. The van der Waals surface area contributed by atoms with Gasteiger partial charge >= 0.3 is 12.1 Å². The second-order valence-corrected chi connectivity index (χ2v) is 9.24. The van der Waals surface area contributed by atoms with Crippen LogP contribution in [0.25, 0.3) is 11.1 Å². The average molecular weight is 439 g/mol. The normalized spacial score (nSPS) is 13.6. The lowest BCUT2D eigenvalue weighted by Crippen LogP contribution is -2.47. The van der Waals surface area contributed by atoms with E-state index in [0.29, 0.717) is 0 Å². The molecule has 7 nitrogen and oxygen atoms in total. The lowest BCUT2D eigenvalue weighted by Gasteiger charge is -2.32. The lowest BCUT2D eigenvalue weighted by atomic mass is 9.84. The van der Waals surface area contributed by atoms with Gasteiger partial charge in [-0.3, -0.25) is 9.59 Å². The summed E-state index contributed by atoms with van der Waals surface area (Å²) < 4.78 is 5.60. The number of carbonyl (C=O) groups is 3. The Balaban J connectivity index is 1.66. The third-order valence-corrected chi connectivity index (χ3v) is 5.86. The summed E-state index contributed by atoms with van der Waals surface area (Å²) in [6.07, 6.45) is -0.613. The number of hydrogen-bond acceptors (Lipinski definition) is 4. The fourth-order valence-electron chi connectivity index (χ4n) is 3.98. The maximum Gasteiger partial charge on any atom is 0.407 e. The van der Waals surface area contributed by atoms with Gasteiger partial charge in [-0.05, 0) is 27.7 Å². The van der Waals surface area contributed by atoms with Crippen molar-refractivity contribution < 1.29 is 24.2 Å². The van der Waals surface area contributed by atoms with Gasteiger partial charge in [-0.25, -0.2) is 4.79 Å². The van der Waals surface area contributed by atoms with Crippen LogP contribution in [-0.4, -0.2) is 54.2 Å². The number of carboxylic acid groups (broad SMARTS) is 1. The molecule has 0 bridgehead atoms. The minimum Gasteiger partial charge on any atom is -0.480 e. The molecule has 1 unspecified atom stereocenters. The third-order valence-electron chi connectivity index (χ3n) is 5.86. The topological polar surface area (TPSA) is 95.9 Å². The van der Waals surface area contributed by atoms with E-state index < -0.39 is 23.5 Å². The van der Waals surface area contributed by atoms with Gasteiger partial charge in [0.05, 0.1) is 0 Å². The van der Waals surface area contributed by atoms with Crippen molar-refractivity contribution >= 4 is 18.0 Å². The summed E-state index contributed by atoms with van der Waals surface area (Å²) in [5.41, 5.74) is 4.12. The Labute approximate surface area is 188 Å². The molecule has 2 aromatic carbocycles. The molecular formula is C25H30N2O5. The first-order chi connectivity index (χ1) is 15.1. The molecule has 2 aromatic rings. The zero-order chi connectivity index (χ0) is 23.5. The molecule has 170 valence electrons. The Morgan fingerprint density at radius 2 is 1.56 bits per heavy atom. The number of fused-ring (bicyclic) bond motifs is 3. The summed E-state index contributed by atoms with van der Waals surface area (Å²) in [6, 6.07) is 15.7. The van der Waals surface area contributed by atoms with E-state index in [1.165, 1.54) is 7.05 Å². The molecule has 3 rings (SSSR count). The zero-order valence-electron chi connectivity index (χ0n) is 18.9. The number of hydrogen-bond donors (Lipinski definition) is 2. The van der Waals surface area contributed by atoms with Crippen molar-refractivity contribution in [2.24, 2.45) is 5.41 Å². The molecule has 1 atom stereocenters. The lowest BCUT2D eigenvalue weighted by molar-refractivity contribution is -0.143. The molecule has 2 N–H and O–H groups in total. The molecule has 0 spiro atoms. The van der Waals surface area contributed by atoms with E-state index in [0.717, 1.165) is 27.2 Å². The minimum atomic E-state index is -1.09. The highest BCUT2D eigenvalue weighted by Crippen LogP contribution is 2.44. The van der Waals surface area contributed by atoms with Crippen LogP contribution < -0.4 is 5.32 Å². The number of benzene rings is 2. The first-order valence-corrected chi connectivity index (χ1v) is 10.6. The molecule has 0 aliphatic heterocycles. The van der Waals surface area contributed by atoms with Gasteiger partial charge in [-0.1, -0.05) is 69.3 Å². The number of alkyl carbamates (subject to hydrolysis) is 1. The van der Waals surface area contributed by atoms with Gasteiger partial charge in [0, 0.05) is 25.4 Å². The van der Waals surface area contributed by atoms with E-state index in [9.17, 15) is 14.4 Å². The highest BCUT2D eigenvalue weighted by Gasteiger charge is 2.32. The van der Waals surface area contributed by atoms with Crippen molar-refractivity contribution in [2.45, 2.75) is 39.2 Å². The van der Waals surface area contributed by atoms with Crippen molar-refractivity contribution in [3.63, 3.8) is 0 Å². The Hall–Kier alpha value is -3.35. The van der Waals surface area contributed by atoms with Crippen LogP contribution in [0.5, 0.6) is 0 Å². The van der Waals surface area contributed by atoms with Gasteiger partial charge < -0.3 is 20.1 Å². The largest absolute Gasteiger partial charge is 0.480 e. The van der Waals surface area contributed by atoms with Gasteiger partial charge in [0.2, 0.25) is 5.91 Å². The van der Waals surface area contributed by atoms with E-state index in [-0.39, 0.29) is 31.4 Å². The van der Waals surface area contributed by atoms with Gasteiger partial charge in [0.1, 0.15) is 13.2 Å². The van der Waals surface area contributed by atoms with Crippen molar-refractivity contribution in [3.05, 3.63) is 59.7 Å². The van der Waals surface area contributed by atoms with Gasteiger partial charge in [0.15, 0.2) is 0 Å². The van der Waals surface area contributed by atoms with Crippen LogP contribution in [0.15, 0.2) is 48.5 Å². The Kier molecular flexibility index (Phi) is 6.87. The Morgan fingerprint density at radius 3 is 2.06 bits per heavy atom. The van der Waals surface area contributed by atoms with Crippen LogP contribution in [0.1, 0.15) is 44.2 Å². The van der Waals surface area contributed by atoms with Crippen molar-refractivity contribution in [1.29, 1.82) is 0 Å². The van der Waals surface area contributed by atoms with Crippen LogP contribution in [0.2, 0.25) is 0 Å². The maximum absolute atomic E-state index is 12.7. The number of aliphatic carboxylic acids is 1. The third kappa shape index (κ3) is 5.28. The number of carbonyl (C=O) groups excluding carboxylic acids is 2. The van der Waals surface area contributed by atoms with Crippen molar-refractivity contribution in [3.8, 4) is 11.1 Å². The van der Waals surface area contributed by atoms with E-state index in [1.54, 1.807) is 0 Å². The number of rotatable bonds is 7. The van der Waals surface area contributed by atoms with Gasteiger partial charge in [-0.2, -0.15) is 0 Å². The van der Waals surface area contributed by atoms with Crippen LogP contribution in [-0.2, 0) is 14.3 Å². The molecule has 32 heavy (non-hydrogen) atoms. The molecule has 2 amide bonds. The number of likely N-dealkylation sites (N-methyl/N-ethyl adjacent to an activating group) is 1. The average Bonchev–Trinajstić information content (AvgIpc) is 3.04. The predicted octanol–water partition coefficient (Wildman–Crippen LogP) is 3.87. The standard InChI is InChI=1S/C25H30N2O5/c1-25(2,3)21(13-22(28)27(4)14-23(29)30)26-24(31)32-15-20-18-11-7-5-9-16(18)17-10-6-8-12-19(17)20/h5-12,20-21H,13-15H2,1-4H3,(H,26,31)(H,29,30). The van der Waals surface area contributed by atoms with E-state index >= 15 is 0 Å². The van der Waals surface area contributed by atoms with E-state index in [1.807, 2.05) is 45.0 Å². The second-order valence-electron chi connectivity index (χ2n) is 9.24. The molecule has 0 saturated heterocycles. The highest BCUT2D eigenvalue weighted by atomic mass is 16.5. The van der Waals surface area contributed by atoms with Crippen LogP contribution in [0.3, 0.4) is 0 Å². The van der Waals surface area contributed by atoms with Crippen LogP contribution in [0, 0.1) is 5.41 Å². The summed E-state index contributed by atoms with van der Waals surface area (Å²) in [4.78, 5) is 37.1. The number of amides is 2. The first kappa shape index (κ1) is 23.3. The fraction of sp³-hybridized carbons (Fsp3) is 0.400. The van der Waals surface area contributed by atoms with Gasteiger partial charge in [0.25, 0.3) is 0 Å². The quantitative estimate of drug-likeness (QED) is 0.684. The fourth-order valence-corrected chi connectivity index (χ4v) is 3.98. The number of carboxylic acids is 1. The molecule has 0 aromatic heterocycles. The van der Waals surface area contributed by atoms with Crippen molar-refractivity contribution in [1.82, 2.24) is 10.2 Å². The number of nitrogens with zero attached hydrogens (tertiary/aromatic N) is 1. The molecule has 1 aliphatic carbocycles. The Bertz CT molecular complexity index is 966. The van der Waals surface area contributed by atoms with E-state index in [2.05, 4.69) is 29.6 Å². The Morgan fingerprint density at radius 1 is 1.03 bits per heavy atom. The molecular weight excluding hydrogens is 408 g/mol. The molecule has 7 heteroatoms. The van der Waals surface area contributed by atoms with E-state index in [4.69, 9.17) is 9.84 Å². The monoisotopic (exact) mass is 438 g/mol. The number of ether oxygens (including phenoxy) is 1. The molecule has 0 radical (unpaired) electrons. The zero-order valence-corrected chi connectivity index (χ0v) is 18.9. The predicted molar refractivity (Wildman–Crippen MR) is 121 cm³/mol. The summed E-state index contributed by atoms with van der Waals surface area (Å²) in [7, 11) is 1.43. The summed E-state index contributed by atoms with van der Waals surface area (Å²) >= 11 is 0. The highest BCUT2D eigenvalue weighted by molar-refractivity contribution is 5.82. The number of nitrogens with one attached hydrogen (secondary N) is 1. The summed E-state index contributed by atoms with van der Waals surface area (Å²) in [5, 5.41) is 11.7. The summed E-state index contributed by atoms with van der Waals surface area (Å²) in [5.74, 6) is -1.49. The van der Waals surface area contributed by atoms with Crippen LogP contribution >= 0.6 is 0 Å².